The zero-order chi connectivity index (χ0) is 18.5. The van der Waals surface area contributed by atoms with E-state index in [0.29, 0.717) is 16.5 Å². The molecule has 0 bridgehead atoms. The van der Waals surface area contributed by atoms with Gasteiger partial charge in [-0.25, -0.2) is 0 Å². The molecule has 0 aliphatic rings. The van der Waals surface area contributed by atoms with Crippen molar-refractivity contribution in [2.24, 2.45) is 11.7 Å². The van der Waals surface area contributed by atoms with Crippen molar-refractivity contribution in [2.45, 2.75) is 45.7 Å². The average Bonchev–Trinajstić information content (AvgIpc) is 2.46. The third-order valence-electron chi connectivity index (χ3n) is 3.57. The summed E-state index contributed by atoms with van der Waals surface area (Å²) in [7, 11) is 0. The van der Waals surface area contributed by atoms with E-state index in [2.05, 4.69) is 10.6 Å². The van der Waals surface area contributed by atoms with Gasteiger partial charge in [-0.1, -0.05) is 43.1 Å². The Kier molecular flexibility index (Phi) is 9.80. The Morgan fingerprint density at radius 2 is 1.84 bits per heavy atom. The molecule has 0 radical (unpaired) electrons. The molecule has 8 heteroatoms. The molecular weight excluding hydrogens is 385 g/mol. The molecule has 0 heterocycles. The lowest BCUT2D eigenvalue weighted by Crippen LogP contribution is -2.51. The van der Waals surface area contributed by atoms with E-state index in [9.17, 15) is 9.59 Å². The third-order valence-corrected chi connectivity index (χ3v) is 4.16. The Labute approximate surface area is 165 Å². The summed E-state index contributed by atoms with van der Waals surface area (Å²) in [5.41, 5.74) is 6.09. The van der Waals surface area contributed by atoms with Gasteiger partial charge in [0.15, 0.2) is 0 Å². The van der Waals surface area contributed by atoms with Crippen LogP contribution in [0.1, 0.15) is 33.3 Å². The Hall–Kier alpha value is -1.01. The first kappa shape index (κ1) is 24.0. The van der Waals surface area contributed by atoms with Crippen LogP contribution in [-0.4, -0.2) is 29.9 Å². The van der Waals surface area contributed by atoms with Gasteiger partial charge in [0.1, 0.15) is 0 Å². The molecule has 0 aliphatic carbocycles. The SMILES string of the molecule is CC(C)[C@H](N)C(=O)NCC(=O)NC(C)(C)Cc1ccc(Cl)cc1Cl.Cl. The van der Waals surface area contributed by atoms with Gasteiger partial charge in [-0.2, -0.15) is 0 Å². The fourth-order valence-corrected chi connectivity index (χ4v) is 2.67. The van der Waals surface area contributed by atoms with Gasteiger partial charge in [0.2, 0.25) is 11.8 Å². The number of halogens is 3. The van der Waals surface area contributed by atoms with Gasteiger partial charge in [-0.3, -0.25) is 9.59 Å². The van der Waals surface area contributed by atoms with Crippen LogP contribution in [0.2, 0.25) is 10.0 Å². The van der Waals surface area contributed by atoms with Crippen LogP contribution in [-0.2, 0) is 16.0 Å². The van der Waals surface area contributed by atoms with Crippen LogP contribution in [0.15, 0.2) is 18.2 Å². The van der Waals surface area contributed by atoms with Crippen LogP contribution in [0.3, 0.4) is 0 Å². The van der Waals surface area contributed by atoms with Crippen molar-refractivity contribution < 1.29 is 9.59 Å². The molecule has 0 aliphatic heterocycles. The molecule has 1 atom stereocenters. The van der Waals surface area contributed by atoms with E-state index in [1.165, 1.54) is 0 Å². The van der Waals surface area contributed by atoms with E-state index >= 15 is 0 Å². The molecule has 0 spiro atoms. The summed E-state index contributed by atoms with van der Waals surface area (Å²) in [6.07, 6.45) is 0.536. The monoisotopic (exact) mass is 409 g/mol. The number of nitrogens with one attached hydrogen (secondary N) is 2. The fraction of sp³-hybridized carbons (Fsp3) is 0.529. The number of amides is 2. The third kappa shape index (κ3) is 8.27. The minimum atomic E-state index is -0.626. The van der Waals surface area contributed by atoms with Crippen molar-refractivity contribution in [3.05, 3.63) is 33.8 Å². The normalized spacial score (nSPS) is 12.3. The molecule has 0 saturated carbocycles. The van der Waals surface area contributed by atoms with Crippen molar-refractivity contribution in [1.29, 1.82) is 0 Å². The van der Waals surface area contributed by atoms with E-state index < -0.39 is 11.6 Å². The van der Waals surface area contributed by atoms with Crippen LogP contribution in [0.4, 0.5) is 0 Å². The zero-order valence-electron chi connectivity index (χ0n) is 14.9. The Bertz CT molecular complexity index is 607. The molecule has 25 heavy (non-hydrogen) atoms. The molecule has 0 unspecified atom stereocenters. The molecule has 5 nitrogen and oxygen atoms in total. The maximum Gasteiger partial charge on any atom is 0.239 e. The summed E-state index contributed by atoms with van der Waals surface area (Å²) in [5, 5.41) is 6.55. The average molecular weight is 411 g/mol. The molecule has 142 valence electrons. The van der Waals surface area contributed by atoms with E-state index in [0.717, 1.165) is 5.56 Å². The van der Waals surface area contributed by atoms with Gasteiger partial charge < -0.3 is 16.4 Å². The van der Waals surface area contributed by atoms with Gasteiger partial charge >= 0.3 is 0 Å². The largest absolute Gasteiger partial charge is 0.349 e. The Morgan fingerprint density at radius 1 is 1.24 bits per heavy atom. The first-order valence-electron chi connectivity index (χ1n) is 7.80. The van der Waals surface area contributed by atoms with Crippen LogP contribution in [0, 0.1) is 5.92 Å². The predicted octanol–water partition coefficient (Wildman–Crippen LogP) is 2.95. The fourth-order valence-electron chi connectivity index (χ4n) is 2.19. The number of hydrogen-bond acceptors (Lipinski definition) is 3. The second-order valence-corrected chi connectivity index (χ2v) is 7.68. The summed E-state index contributed by atoms with van der Waals surface area (Å²) >= 11 is 12.1. The Balaban J connectivity index is 0.00000576. The van der Waals surface area contributed by atoms with E-state index in [1.54, 1.807) is 12.1 Å². The maximum absolute atomic E-state index is 12.1. The standard InChI is InChI=1S/C17H25Cl2N3O2.ClH/c1-10(2)15(20)16(24)21-9-14(23)22-17(3,4)8-11-5-6-12(18)7-13(11)19;/h5-7,10,15H,8-9,20H2,1-4H3,(H,21,24)(H,22,23);1H/t15-;/m0./s1. The minimum absolute atomic E-state index is 0. The second-order valence-electron chi connectivity index (χ2n) is 6.83. The molecule has 1 aromatic carbocycles. The number of hydrogen-bond donors (Lipinski definition) is 3. The lowest BCUT2D eigenvalue weighted by atomic mass is 9.95. The van der Waals surface area contributed by atoms with Crippen LogP contribution >= 0.6 is 35.6 Å². The summed E-state index contributed by atoms with van der Waals surface area (Å²) < 4.78 is 0. The number of carbonyl (C=O) groups is 2. The zero-order valence-corrected chi connectivity index (χ0v) is 17.2. The highest BCUT2D eigenvalue weighted by atomic mass is 35.5. The van der Waals surface area contributed by atoms with Gasteiger partial charge in [-0.15, -0.1) is 12.4 Å². The molecule has 1 aromatic rings. The highest BCUT2D eigenvalue weighted by Gasteiger charge is 2.23. The van der Waals surface area contributed by atoms with Gasteiger partial charge in [0, 0.05) is 15.6 Å². The maximum atomic E-state index is 12.1. The highest BCUT2D eigenvalue weighted by Crippen LogP contribution is 2.24. The van der Waals surface area contributed by atoms with Crippen LogP contribution in [0.5, 0.6) is 0 Å². The van der Waals surface area contributed by atoms with Gasteiger partial charge in [0.25, 0.3) is 0 Å². The molecule has 0 fully saturated rings. The van der Waals surface area contributed by atoms with Crippen molar-refractivity contribution >= 4 is 47.4 Å². The van der Waals surface area contributed by atoms with Crippen LogP contribution in [0.25, 0.3) is 0 Å². The first-order valence-corrected chi connectivity index (χ1v) is 8.55. The smallest absolute Gasteiger partial charge is 0.239 e. The molecule has 0 saturated heterocycles. The predicted molar refractivity (Wildman–Crippen MR) is 105 cm³/mol. The number of nitrogens with two attached hydrogens (primary N) is 1. The highest BCUT2D eigenvalue weighted by molar-refractivity contribution is 6.35. The molecule has 1 rings (SSSR count). The lowest BCUT2D eigenvalue weighted by molar-refractivity contribution is -0.128. The van der Waals surface area contributed by atoms with Crippen LogP contribution < -0.4 is 16.4 Å². The van der Waals surface area contributed by atoms with E-state index in [-0.39, 0.29) is 36.7 Å². The summed E-state index contributed by atoms with van der Waals surface area (Å²) in [6, 6.07) is 4.64. The van der Waals surface area contributed by atoms with Crippen molar-refractivity contribution in [1.82, 2.24) is 10.6 Å². The number of rotatable bonds is 7. The molecule has 2 amide bonds. The van der Waals surface area contributed by atoms with Gasteiger partial charge in [0.05, 0.1) is 12.6 Å². The van der Waals surface area contributed by atoms with E-state index in [4.69, 9.17) is 28.9 Å². The van der Waals surface area contributed by atoms with E-state index in [1.807, 2.05) is 33.8 Å². The second kappa shape index (κ2) is 10.2. The topological polar surface area (TPSA) is 84.2 Å². The Morgan fingerprint density at radius 3 is 2.36 bits per heavy atom. The molecular formula is C17H26Cl3N3O2. The summed E-state index contributed by atoms with van der Waals surface area (Å²) in [6.45, 7) is 7.36. The summed E-state index contributed by atoms with van der Waals surface area (Å²) in [5.74, 6) is -0.607. The van der Waals surface area contributed by atoms with Gasteiger partial charge in [-0.05, 0) is 43.9 Å². The number of carbonyl (C=O) groups excluding carboxylic acids is 2. The quantitative estimate of drug-likeness (QED) is 0.646. The lowest BCUT2D eigenvalue weighted by Gasteiger charge is -2.27. The van der Waals surface area contributed by atoms with Crippen molar-refractivity contribution in [3.63, 3.8) is 0 Å². The van der Waals surface area contributed by atoms with Crippen molar-refractivity contribution in [3.8, 4) is 0 Å². The minimum Gasteiger partial charge on any atom is -0.349 e. The molecule has 4 N–H and O–H groups in total. The first-order chi connectivity index (χ1) is 11.0. The molecule has 0 aromatic heterocycles. The summed E-state index contributed by atoms with van der Waals surface area (Å²) in [4.78, 5) is 23.8. The number of benzene rings is 1. The van der Waals surface area contributed by atoms with Crippen molar-refractivity contribution in [2.75, 3.05) is 6.54 Å².